The molecule has 1 amide bonds. The third kappa shape index (κ3) is 8.08. The number of amides is 1. The second-order valence-electron chi connectivity index (χ2n) is 10.9. The third-order valence-corrected chi connectivity index (χ3v) is 6.90. The number of nitrogens with zero attached hydrogens (tertiary/aromatic N) is 1. The minimum absolute atomic E-state index is 0.0359. The van der Waals surface area contributed by atoms with Gasteiger partial charge < -0.3 is 15.0 Å². The highest BCUT2D eigenvalue weighted by Crippen LogP contribution is 2.47. The predicted molar refractivity (Wildman–Crippen MR) is 134 cm³/mol. The summed E-state index contributed by atoms with van der Waals surface area (Å²) in [5, 5.41) is 3.33. The molecule has 3 rings (SSSR count). The molecular weight excluding hydrogens is 469 g/mol. The molecule has 36 heavy (non-hydrogen) atoms. The number of carbonyl (C=O) groups excluding carboxylic acids is 2. The molecule has 0 radical (unpaired) electrons. The zero-order valence-electron chi connectivity index (χ0n) is 21.7. The predicted octanol–water partition coefficient (Wildman–Crippen LogP) is 5.89. The lowest BCUT2D eigenvalue weighted by Gasteiger charge is -2.38. The first-order valence-electron chi connectivity index (χ1n) is 13.0. The van der Waals surface area contributed by atoms with Crippen molar-refractivity contribution in [2.24, 2.45) is 5.92 Å². The third-order valence-electron chi connectivity index (χ3n) is 6.90. The molecule has 0 saturated heterocycles. The molecule has 2 saturated carbocycles. The van der Waals surface area contributed by atoms with Gasteiger partial charge in [0.1, 0.15) is 5.60 Å². The summed E-state index contributed by atoms with van der Waals surface area (Å²) < 4.78 is 46.0. The van der Waals surface area contributed by atoms with Crippen molar-refractivity contribution in [2.45, 2.75) is 103 Å². The van der Waals surface area contributed by atoms with E-state index >= 15 is 0 Å². The summed E-state index contributed by atoms with van der Waals surface area (Å²) in [6, 6.07) is 9.03. The van der Waals surface area contributed by atoms with E-state index in [4.69, 9.17) is 4.74 Å². The summed E-state index contributed by atoms with van der Waals surface area (Å²) in [6.45, 7) is 7.93. The van der Waals surface area contributed by atoms with Crippen LogP contribution in [0.3, 0.4) is 0 Å². The fraction of sp³-hybridized carbons (Fsp3) is 0.643. The Labute approximate surface area is 212 Å². The zero-order chi connectivity index (χ0) is 26.5. The van der Waals surface area contributed by atoms with Gasteiger partial charge in [-0.25, -0.2) is 0 Å². The largest absolute Gasteiger partial charge is 0.471 e. The van der Waals surface area contributed by atoms with Gasteiger partial charge in [-0.15, -0.1) is 0 Å². The molecule has 0 unspecified atom stereocenters. The van der Waals surface area contributed by atoms with Gasteiger partial charge in [-0.2, -0.15) is 13.2 Å². The molecule has 1 aromatic carbocycles. The van der Waals surface area contributed by atoms with Crippen molar-refractivity contribution in [3.05, 3.63) is 41.5 Å². The fourth-order valence-corrected chi connectivity index (χ4v) is 5.18. The number of nitrogens with one attached hydrogen (secondary N) is 1. The Morgan fingerprint density at radius 2 is 1.72 bits per heavy atom. The van der Waals surface area contributed by atoms with Crippen molar-refractivity contribution < 1.29 is 27.5 Å². The molecule has 0 heterocycles. The van der Waals surface area contributed by atoms with Crippen molar-refractivity contribution >= 4 is 18.0 Å². The van der Waals surface area contributed by atoms with E-state index in [0.717, 1.165) is 22.5 Å². The lowest BCUT2D eigenvalue weighted by atomic mass is 9.89. The molecule has 200 valence electrons. The fourth-order valence-electron chi connectivity index (χ4n) is 5.18. The van der Waals surface area contributed by atoms with E-state index < -0.39 is 29.8 Å². The van der Waals surface area contributed by atoms with E-state index in [0.29, 0.717) is 38.6 Å². The molecule has 2 fully saturated rings. The van der Waals surface area contributed by atoms with Gasteiger partial charge in [0.05, 0.1) is 6.42 Å². The first-order valence-corrected chi connectivity index (χ1v) is 13.0. The van der Waals surface area contributed by atoms with E-state index in [-0.39, 0.29) is 24.3 Å². The van der Waals surface area contributed by atoms with Crippen molar-refractivity contribution in [3.8, 4) is 0 Å². The second kappa shape index (κ2) is 11.8. The number of esters is 1. The minimum atomic E-state index is -4.88. The van der Waals surface area contributed by atoms with Gasteiger partial charge in [0, 0.05) is 30.6 Å². The summed E-state index contributed by atoms with van der Waals surface area (Å²) in [4.78, 5) is 25.6. The Balaban J connectivity index is 1.59. The van der Waals surface area contributed by atoms with Crippen LogP contribution in [0.25, 0.3) is 6.08 Å². The maximum Gasteiger partial charge on any atom is 0.471 e. The number of hydrogen-bond donors (Lipinski definition) is 1. The van der Waals surface area contributed by atoms with Gasteiger partial charge in [0.2, 0.25) is 0 Å². The lowest BCUT2D eigenvalue weighted by Crippen LogP contribution is -2.51. The molecule has 1 aromatic rings. The van der Waals surface area contributed by atoms with Crippen LogP contribution in [0.15, 0.2) is 35.9 Å². The van der Waals surface area contributed by atoms with Gasteiger partial charge >= 0.3 is 18.1 Å². The van der Waals surface area contributed by atoms with Gasteiger partial charge in [-0.3, -0.25) is 9.59 Å². The number of carbonyl (C=O) groups is 2. The summed E-state index contributed by atoms with van der Waals surface area (Å²) in [5.41, 5.74) is 1.58. The van der Waals surface area contributed by atoms with E-state index in [2.05, 4.69) is 5.32 Å². The summed E-state index contributed by atoms with van der Waals surface area (Å²) in [6.07, 6.45) is 1.07. The monoisotopic (exact) mass is 508 g/mol. The Kier molecular flexibility index (Phi) is 9.25. The quantitative estimate of drug-likeness (QED) is 0.423. The normalized spacial score (nSPS) is 24.8. The molecule has 0 spiro atoms. The Bertz CT molecular complexity index is 916. The van der Waals surface area contributed by atoms with Crippen LogP contribution in [0.2, 0.25) is 0 Å². The molecule has 0 aliphatic heterocycles. The van der Waals surface area contributed by atoms with Crippen LogP contribution in [0.1, 0.15) is 78.2 Å². The Morgan fingerprint density at radius 3 is 2.28 bits per heavy atom. The molecule has 0 aromatic heterocycles. The SMILES string of the molecule is CC/C(=C\c1ccccc1)[C@@H]1C[C@H]1N(C(=O)C(F)(F)F)C1CCC(NCCC(=O)OC(C)(C)C)CC1. The lowest BCUT2D eigenvalue weighted by molar-refractivity contribution is -0.189. The van der Waals surface area contributed by atoms with Gasteiger partial charge in [0.15, 0.2) is 0 Å². The van der Waals surface area contributed by atoms with Gasteiger partial charge in [0.25, 0.3) is 0 Å². The second-order valence-corrected chi connectivity index (χ2v) is 10.9. The number of hydrogen-bond acceptors (Lipinski definition) is 4. The first-order chi connectivity index (χ1) is 16.9. The van der Waals surface area contributed by atoms with Crippen molar-refractivity contribution in [3.63, 3.8) is 0 Å². The van der Waals surface area contributed by atoms with Crippen molar-refractivity contribution in [1.29, 1.82) is 0 Å². The van der Waals surface area contributed by atoms with Crippen LogP contribution >= 0.6 is 0 Å². The highest BCUT2D eigenvalue weighted by atomic mass is 19.4. The highest BCUT2D eigenvalue weighted by molar-refractivity contribution is 5.83. The Morgan fingerprint density at radius 1 is 1.08 bits per heavy atom. The molecule has 2 aliphatic rings. The molecule has 1 N–H and O–H groups in total. The number of benzene rings is 1. The smallest absolute Gasteiger partial charge is 0.460 e. The van der Waals surface area contributed by atoms with Gasteiger partial charge in [-0.1, -0.05) is 48.9 Å². The molecule has 0 bridgehead atoms. The van der Waals surface area contributed by atoms with Crippen LogP contribution in [0, 0.1) is 5.92 Å². The number of rotatable bonds is 9. The average Bonchev–Trinajstić information content (AvgIpc) is 3.57. The topological polar surface area (TPSA) is 58.6 Å². The standard InChI is InChI=1S/C28H39F3N2O3/c1-5-20(17-19-9-7-6-8-10-19)23-18-24(23)33(26(35)28(29,30)31)22-13-11-21(12-14-22)32-16-15-25(34)36-27(2,3)4/h6-10,17,21-24,32H,5,11-16,18H2,1-4H3/b20-17+/t21?,22?,23-,24+/m0/s1. The summed E-state index contributed by atoms with van der Waals surface area (Å²) in [5.74, 6) is -2.03. The molecular formula is C28H39F3N2O3. The Hall–Kier alpha value is -2.35. The number of ether oxygens (including phenoxy) is 1. The number of halogens is 3. The van der Waals surface area contributed by atoms with Crippen LogP contribution in [-0.2, 0) is 14.3 Å². The molecule has 5 nitrogen and oxygen atoms in total. The van der Waals surface area contributed by atoms with Crippen LogP contribution < -0.4 is 5.32 Å². The first kappa shape index (κ1) is 28.2. The molecule has 8 heteroatoms. The molecule has 2 aliphatic carbocycles. The van der Waals surface area contributed by atoms with E-state index in [1.165, 1.54) is 0 Å². The van der Waals surface area contributed by atoms with Crippen molar-refractivity contribution in [2.75, 3.05) is 6.54 Å². The summed E-state index contributed by atoms with van der Waals surface area (Å²) >= 11 is 0. The highest BCUT2D eigenvalue weighted by Gasteiger charge is 2.54. The maximum atomic E-state index is 13.6. The van der Waals surface area contributed by atoms with Crippen LogP contribution in [0.5, 0.6) is 0 Å². The van der Waals surface area contributed by atoms with E-state index in [1.54, 1.807) is 0 Å². The zero-order valence-corrected chi connectivity index (χ0v) is 21.7. The van der Waals surface area contributed by atoms with Gasteiger partial charge in [-0.05, 0) is 64.9 Å². The van der Waals surface area contributed by atoms with Crippen molar-refractivity contribution in [1.82, 2.24) is 10.2 Å². The maximum absolute atomic E-state index is 13.6. The minimum Gasteiger partial charge on any atom is -0.460 e. The molecule has 2 atom stereocenters. The van der Waals surface area contributed by atoms with Crippen LogP contribution in [0.4, 0.5) is 13.2 Å². The number of alkyl halides is 3. The van der Waals surface area contributed by atoms with Crippen LogP contribution in [-0.4, -0.2) is 53.2 Å². The van der Waals surface area contributed by atoms with E-state index in [1.807, 2.05) is 64.1 Å². The average molecular weight is 509 g/mol. The summed E-state index contributed by atoms with van der Waals surface area (Å²) in [7, 11) is 0. The van der Waals surface area contributed by atoms with E-state index in [9.17, 15) is 22.8 Å².